The smallest absolute Gasteiger partial charge is 0.316 e. The molecule has 0 unspecified atom stereocenters. The molecule has 1 aromatic carbocycles. The van der Waals surface area contributed by atoms with Crippen molar-refractivity contribution in [3.05, 3.63) is 35.4 Å². The van der Waals surface area contributed by atoms with Gasteiger partial charge in [0.15, 0.2) is 0 Å². The number of hydrogen-bond donors (Lipinski definition) is 1. The van der Waals surface area contributed by atoms with E-state index in [1.54, 1.807) is 12.1 Å². The molecule has 0 amide bonds. The van der Waals surface area contributed by atoms with Crippen LogP contribution in [0.1, 0.15) is 29.9 Å². The summed E-state index contributed by atoms with van der Waals surface area (Å²) in [6.45, 7) is 1.55. The van der Waals surface area contributed by atoms with Crippen LogP contribution in [0.2, 0.25) is 0 Å². The summed E-state index contributed by atoms with van der Waals surface area (Å²) >= 11 is 0. The van der Waals surface area contributed by atoms with Gasteiger partial charge in [-0.2, -0.15) is 13.2 Å². The molecule has 0 saturated carbocycles. The predicted molar refractivity (Wildman–Crippen MR) is 63.5 cm³/mol. The van der Waals surface area contributed by atoms with Crippen molar-refractivity contribution < 1.29 is 13.2 Å². The second kappa shape index (κ2) is 5.74. The van der Waals surface area contributed by atoms with Gasteiger partial charge in [0.25, 0.3) is 0 Å². The van der Waals surface area contributed by atoms with E-state index in [9.17, 15) is 13.2 Å². The van der Waals surface area contributed by atoms with E-state index in [-0.39, 0.29) is 18.3 Å². The van der Waals surface area contributed by atoms with Crippen molar-refractivity contribution in [2.75, 3.05) is 13.1 Å². The van der Waals surface area contributed by atoms with Gasteiger partial charge in [0.1, 0.15) is 0 Å². The van der Waals surface area contributed by atoms with Gasteiger partial charge in [-0.3, -0.25) is 0 Å². The molecule has 0 aromatic heterocycles. The normalized spacial score (nSPS) is 20.8. The predicted octanol–water partition coefficient (Wildman–Crippen LogP) is 3.59. The molecule has 0 radical (unpaired) electrons. The summed E-state index contributed by atoms with van der Waals surface area (Å²) < 4.78 is 38.3. The third-order valence-electron chi connectivity index (χ3n) is 3.00. The minimum atomic E-state index is -4.24. The van der Waals surface area contributed by atoms with Crippen molar-refractivity contribution in [2.24, 2.45) is 0 Å². The van der Waals surface area contributed by atoms with Gasteiger partial charge in [0.05, 0.1) is 5.56 Å². The Morgan fingerprint density at radius 1 is 1.18 bits per heavy atom. The highest BCUT2D eigenvalue weighted by Gasteiger charge is 2.34. The molecule has 1 aliphatic heterocycles. The lowest BCUT2D eigenvalue weighted by atomic mass is 9.88. The van der Waals surface area contributed by atoms with Crippen LogP contribution in [0.3, 0.4) is 0 Å². The number of rotatable bonds is 1. The SMILES string of the molecule is Cl.FC(F)(F)c1ccccc1[C@H]1CCCNC1. The Morgan fingerprint density at radius 2 is 1.88 bits per heavy atom. The number of alkyl halides is 3. The lowest BCUT2D eigenvalue weighted by Gasteiger charge is -2.25. The molecule has 1 N–H and O–H groups in total. The Kier molecular flexibility index (Phi) is 4.83. The molecule has 0 aliphatic carbocycles. The number of hydrogen-bond acceptors (Lipinski definition) is 1. The molecule has 17 heavy (non-hydrogen) atoms. The Bertz CT molecular complexity index is 359. The third kappa shape index (κ3) is 3.36. The van der Waals surface area contributed by atoms with Gasteiger partial charge in [-0.05, 0) is 36.9 Å². The van der Waals surface area contributed by atoms with Crippen LogP contribution < -0.4 is 5.32 Å². The van der Waals surface area contributed by atoms with Gasteiger partial charge < -0.3 is 5.32 Å². The first kappa shape index (κ1) is 14.3. The van der Waals surface area contributed by atoms with Crippen molar-refractivity contribution in [1.82, 2.24) is 5.32 Å². The van der Waals surface area contributed by atoms with E-state index in [2.05, 4.69) is 5.32 Å². The molecule has 2 rings (SSSR count). The zero-order chi connectivity index (χ0) is 11.6. The van der Waals surface area contributed by atoms with Gasteiger partial charge in [-0.25, -0.2) is 0 Å². The standard InChI is InChI=1S/C12H14F3N.ClH/c13-12(14,15)11-6-2-1-5-10(11)9-4-3-7-16-8-9;/h1-2,5-6,9,16H,3-4,7-8H2;1H/t9-;/m0./s1. The maximum absolute atomic E-state index is 12.8. The highest BCUT2D eigenvalue weighted by atomic mass is 35.5. The molecule has 1 fully saturated rings. The van der Waals surface area contributed by atoms with Crippen LogP contribution in [0.25, 0.3) is 0 Å². The molecule has 0 spiro atoms. The van der Waals surface area contributed by atoms with E-state index in [1.165, 1.54) is 12.1 Å². The zero-order valence-electron chi connectivity index (χ0n) is 9.26. The average Bonchev–Trinajstić information content (AvgIpc) is 2.29. The summed E-state index contributed by atoms with van der Waals surface area (Å²) in [6.07, 6.45) is -2.47. The zero-order valence-corrected chi connectivity index (χ0v) is 10.1. The second-order valence-corrected chi connectivity index (χ2v) is 4.13. The first-order chi connectivity index (χ1) is 7.59. The van der Waals surface area contributed by atoms with E-state index in [4.69, 9.17) is 0 Å². The quantitative estimate of drug-likeness (QED) is 0.818. The molecule has 1 aromatic rings. The topological polar surface area (TPSA) is 12.0 Å². The fourth-order valence-electron chi connectivity index (χ4n) is 2.23. The minimum Gasteiger partial charge on any atom is -0.316 e. The van der Waals surface area contributed by atoms with E-state index < -0.39 is 11.7 Å². The van der Waals surface area contributed by atoms with Crippen LogP contribution in [0, 0.1) is 0 Å². The van der Waals surface area contributed by atoms with E-state index in [0.29, 0.717) is 12.1 Å². The number of piperidine rings is 1. The first-order valence-electron chi connectivity index (χ1n) is 5.46. The highest BCUT2D eigenvalue weighted by Crippen LogP contribution is 2.36. The maximum Gasteiger partial charge on any atom is 0.416 e. The number of benzene rings is 1. The maximum atomic E-state index is 12.8. The number of halogens is 4. The summed E-state index contributed by atoms with van der Waals surface area (Å²) in [4.78, 5) is 0. The van der Waals surface area contributed by atoms with Gasteiger partial charge >= 0.3 is 6.18 Å². The lowest BCUT2D eigenvalue weighted by molar-refractivity contribution is -0.138. The van der Waals surface area contributed by atoms with Crippen molar-refractivity contribution in [2.45, 2.75) is 24.9 Å². The molecule has 1 heterocycles. The van der Waals surface area contributed by atoms with Crippen molar-refractivity contribution in [3.63, 3.8) is 0 Å². The summed E-state index contributed by atoms with van der Waals surface area (Å²) in [6, 6.07) is 5.90. The summed E-state index contributed by atoms with van der Waals surface area (Å²) in [5.74, 6) is -0.00780. The van der Waals surface area contributed by atoms with Crippen molar-refractivity contribution >= 4 is 12.4 Å². The Hall–Kier alpha value is -0.740. The largest absolute Gasteiger partial charge is 0.416 e. The number of nitrogens with one attached hydrogen (secondary N) is 1. The van der Waals surface area contributed by atoms with Crippen LogP contribution in [0.5, 0.6) is 0 Å². The molecule has 1 saturated heterocycles. The molecular formula is C12H15ClF3N. The Labute approximate surface area is 105 Å². The second-order valence-electron chi connectivity index (χ2n) is 4.13. The molecule has 5 heteroatoms. The Morgan fingerprint density at radius 3 is 2.47 bits per heavy atom. The molecule has 1 atom stereocenters. The van der Waals surface area contributed by atoms with Crippen LogP contribution in [-0.4, -0.2) is 13.1 Å². The summed E-state index contributed by atoms with van der Waals surface area (Å²) in [7, 11) is 0. The summed E-state index contributed by atoms with van der Waals surface area (Å²) in [5, 5.41) is 3.14. The van der Waals surface area contributed by atoms with Crippen molar-refractivity contribution in [1.29, 1.82) is 0 Å². The van der Waals surface area contributed by atoms with Crippen molar-refractivity contribution in [3.8, 4) is 0 Å². The lowest BCUT2D eigenvalue weighted by Crippen LogP contribution is -2.29. The van der Waals surface area contributed by atoms with Gasteiger partial charge in [-0.15, -0.1) is 12.4 Å². The molecular weight excluding hydrogens is 251 g/mol. The van der Waals surface area contributed by atoms with E-state index in [1.807, 2.05) is 0 Å². The van der Waals surface area contributed by atoms with Crippen LogP contribution in [-0.2, 0) is 6.18 Å². The minimum absolute atomic E-state index is 0. The monoisotopic (exact) mass is 265 g/mol. The van der Waals surface area contributed by atoms with Gasteiger partial charge in [0.2, 0.25) is 0 Å². The van der Waals surface area contributed by atoms with Crippen LogP contribution in [0.4, 0.5) is 13.2 Å². The van der Waals surface area contributed by atoms with E-state index >= 15 is 0 Å². The molecule has 1 nitrogen and oxygen atoms in total. The third-order valence-corrected chi connectivity index (χ3v) is 3.00. The van der Waals surface area contributed by atoms with Gasteiger partial charge in [-0.1, -0.05) is 18.2 Å². The average molecular weight is 266 g/mol. The van der Waals surface area contributed by atoms with E-state index in [0.717, 1.165) is 19.4 Å². The fourth-order valence-corrected chi connectivity index (χ4v) is 2.23. The van der Waals surface area contributed by atoms with Crippen LogP contribution in [0.15, 0.2) is 24.3 Å². The molecule has 1 aliphatic rings. The highest BCUT2D eigenvalue weighted by molar-refractivity contribution is 5.85. The molecule has 0 bridgehead atoms. The Balaban J connectivity index is 0.00000144. The molecule has 96 valence electrons. The van der Waals surface area contributed by atoms with Gasteiger partial charge in [0, 0.05) is 6.54 Å². The summed E-state index contributed by atoms with van der Waals surface area (Å²) in [5.41, 5.74) is -0.0501. The first-order valence-corrected chi connectivity index (χ1v) is 5.46. The van der Waals surface area contributed by atoms with Crippen LogP contribution >= 0.6 is 12.4 Å². The fraction of sp³-hybridized carbons (Fsp3) is 0.500.